The molecule has 1 aliphatic heterocycles. The minimum Gasteiger partial charge on any atom is -0.504 e. The number of halogens is 1. The number of methoxy groups -OCH3 is 1. The third kappa shape index (κ3) is 3.63. The number of phenolic OH excluding ortho intramolecular Hbond substituents is 1. The molecular weight excluding hydrogens is 306 g/mol. The van der Waals surface area contributed by atoms with Gasteiger partial charge in [-0.1, -0.05) is 29.8 Å². The summed E-state index contributed by atoms with van der Waals surface area (Å²) >= 11 is 3.47. The quantitative estimate of drug-likeness (QED) is 0.919. The smallest absolute Gasteiger partial charge is 0.162 e. The van der Waals surface area contributed by atoms with Crippen molar-refractivity contribution in [2.75, 3.05) is 20.2 Å². The fourth-order valence-electron chi connectivity index (χ4n) is 3.07. The van der Waals surface area contributed by atoms with Crippen molar-refractivity contribution in [1.29, 1.82) is 0 Å². The van der Waals surface area contributed by atoms with Crippen LogP contribution in [-0.2, 0) is 6.54 Å². The molecule has 1 aromatic rings. The Morgan fingerprint density at radius 3 is 2.53 bits per heavy atom. The molecule has 1 heterocycles. The highest BCUT2D eigenvalue weighted by molar-refractivity contribution is 9.10. The SMILES string of the molecule is COc1cc(Br)cc(CN2C[C@H](C)C[C@@H](C)C2)c1O. The number of rotatable bonds is 3. The van der Waals surface area contributed by atoms with Crippen LogP contribution >= 0.6 is 15.9 Å². The minimum absolute atomic E-state index is 0.261. The average Bonchev–Trinajstić information content (AvgIpc) is 2.32. The molecule has 0 saturated carbocycles. The zero-order valence-corrected chi connectivity index (χ0v) is 13.4. The first-order chi connectivity index (χ1) is 8.99. The van der Waals surface area contributed by atoms with Gasteiger partial charge in [0.1, 0.15) is 0 Å². The van der Waals surface area contributed by atoms with Crippen molar-refractivity contribution in [2.45, 2.75) is 26.8 Å². The normalized spacial score (nSPS) is 24.4. The highest BCUT2D eigenvalue weighted by atomic mass is 79.9. The fourth-order valence-corrected chi connectivity index (χ4v) is 3.55. The van der Waals surface area contributed by atoms with Crippen molar-refractivity contribution in [1.82, 2.24) is 4.90 Å². The number of piperidine rings is 1. The maximum absolute atomic E-state index is 10.2. The third-order valence-corrected chi connectivity index (χ3v) is 4.13. The molecule has 0 bridgehead atoms. The van der Waals surface area contributed by atoms with E-state index in [-0.39, 0.29) is 5.75 Å². The molecule has 2 rings (SSSR count). The van der Waals surface area contributed by atoms with Crippen molar-refractivity contribution in [3.8, 4) is 11.5 Å². The molecule has 1 saturated heterocycles. The summed E-state index contributed by atoms with van der Waals surface area (Å²) in [6.07, 6.45) is 1.30. The molecule has 0 unspecified atom stereocenters. The fraction of sp³-hybridized carbons (Fsp3) is 0.600. The van der Waals surface area contributed by atoms with Gasteiger partial charge < -0.3 is 9.84 Å². The summed E-state index contributed by atoms with van der Waals surface area (Å²) in [4.78, 5) is 2.42. The molecule has 0 spiro atoms. The van der Waals surface area contributed by atoms with Gasteiger partial charge in [-0.25, -0.2) is 0 Å². The topological polar surface area (TPSA) is 32.7 Å². The van der Waals surface area contributed by atoms with E-state index in [0.717, 1.165) is 41.5 Å². The van der Waals surface area contributed by atoms with Gasteiger partial charge >= 0.3 is 0 Å². The summed E-state index contributed by atoms with van der Waals surface area (Å²) in [7, 11) is 1.58. The van der Waals surface area contributed by atoms with Crippen LogP contribution in [-0.4, -0.2) is 30.2 Å². The zero-order valence-electron chi connectivity index (χ0n) is 11.8. The molecule has 106 valence electrons. The van der Waals surface area contributed by atoms with Crippen molar-refractivity contribution >= 4 is 15.9 Å². The zero-order chi connectivity index (χ0) is 14.0. The summed E-state index contributed by atoms with van der Waals surface area (Å²) in [5, 5.41) is 10.2. The van der Waals surface area contributed by atoms with E-state index in [1.807, 2.05) is 6.07 Å². The maximum Gasteiger partial charge on any atom is 0.162 e. The van der Waals surface area contributed by atoms with Crippen LogP contribution < -0.4 is 4.74 Å². The molecule has 0 aliphatic carbocycles. The van der Waals surface area contributed by atoms with Gasteiger partial charge in [-0.3, -0.25) is 4.90 Å². The second-order valence-electron chi connectivity index (χ2n) is 5.76. The first kappa shape index (κ1) is 14.7. The molecule has 1 N–H and O–H groups in total. The van der Waals surface area contributed by atoms with Crippen molar-refractivity contribution in [3.63, 3.8) is 0 Å². The number of hydrogen-bond donors (Lipinski definition) is 1. The number of nitrogens with zero attached hydrogens (tertiary/aromatic N) is 1. The van der Waals surface area contributed by atoms with E-state index in [4.69, 9.17) is 4.74 Å². The van der Waals surface area contributed by atoms with Gasteiger partial charge in [0.05, 0.1) is 7.11 Å². The minimum atomic E-state index is 0.261. The summed E-state index contributed by atoms with van der Waals surface area (Å²) in [6.45, 7) is 7.56. The Morgan fingerprint density at radius 1 is 1.32 bits per heavy atom. The van der Waals surface area contributed by atoms with Gasteiger partial charge in [-0.05, 0) is 30.4 Å². The molecule has 1 aliphatic rings. The molecule has 0 amide bonds. The molecule has 0 radical (unpaired) electrons. The van der Waals surface area contributed by atoms with Crippen LogP contribution in [0.15, 0.2) is 16.6 Å². The lowest BCUT2D eigenvalue weighted by Gasteiger charge is -2.35. The number of aromatic hydroxyl groups is 1. The third-order valence-electron chi connectivity index (χ3n) is 3.68. The van der Waals surface area contributed by atoms with E-state index >= 15 is 0 Å². The van der Waals surface area contributed by atoms with E-state index in [2.05, 4.69) is 34.7 Å². The first-order valence-corrected chi connectivity index (χ1v) is 7.56. The van der Waals surface area contributed by atoms with Crippen molar-refractivity contribution < 1.29 is 9.84 Å². The van der Waals surface area contributed by atoms with Gasteiger partial charge in [0.15, 0.2) is 11.5 Å². The molecule has 0 aromatic heterocycles. The van der Waals surface area contributed by atoms with Crippen LogP contribution in [0.3, 0.4) is 0 Å². The van der Waals surface area contributed by atoms with Crippen molar-refractivity contribution in [2.24, 2.45) is 11.8 Å². The van der Waals surface area contributed by atoms with Gasteiger partial charge in [-0.2, -0.15) is 0 Å². The molecule has 1 aromatic carbocycles. The maximum atomic E-state index is 10.2. The Labute approximate surface area is 123 Å². The van der Waals surface area contributed by atoms with Crippen LogP contribution in [0, 0.1) is 11.8 Å². The number of ether oxygens (including phenoxy) is 1. The monoisotopic (exact) mass is 327 g/mol. The second-order valence-corrected chi connectivity index (χ2v) is 6.67. The summed E-state index contributed by atoms with van der Waals surface area (Å²) in [5.74, 6) is 2.24. The summed E-state index contributed by atoms with van der Waals surface area (Å²) in [6, 6.07) is 3.77. The van der Waals surface area contributed by atoms with Crippen LogP contribution in [0.2, 0.25) is 0 Å². The summed E-state index contributed by atoms with van der Waals surface area (Å²) < 4.78 is 6.14. The number of likely N-dealkylation sites (tertiary alicyclic amines) is 1. The lowest BCUT2D eigenvalue weighted by molar-refractivity contribution is 0.133. The number of phenols is 1. The second kappa shape index (κ2) is 6.14. The molecule has 1 fully saturated rings. The Balaban J connectivity index is 2.16. The summed E-state index contributed by atoms with van der Waals surface area (Å²) in [5.41, 5.74) is 0.924. The van der Waals surface area contributed by atoms with E-state index in [1.165, 1.54) is 6.42 Å². The molecule has 2 atom stereocenters. The van der Waals surface area contributed by atoms with Crippen LogP contribution in [0.25, 0.3) is 0 Å². The predicted molar refractivity (Wildman–Crippen MR) is 80.6 cm³/mol. The Morgan fingerprint density at radius 2 is 1.95 bits per heavy atom. The molecule has 4 heteroatoms. The van der Waals surface area contributed by atoms with Crippen LogP contribution in [0.1, 0.15) is 25.8 Å². The van der Waals surface area contributed by atoms with Crippen LogP contribution in [0.4, 0.5) is 0 Å². The Bertz CT molecular complexity index is 440. The van der Waals surface area contributed by atoms with Crippen LogP contribution in [0.5, 0.6) is 11.5 Å². The van der Waals surface area contributed by atoms with Gasteiger partial charge in [0.25, 0.3) is 0 Å². The highest BCUT2D eigenvalue weighted by Crippen LogP contribution is 2.35. The van der Waals surface area contributed by atoms with Gasteiger partial charge in [-0.15, -0.1) is 0 Å². The predicted octanol–water partition coefficient (Wildman–Crippen LogP) is 3.64. The number of hydrogen-bond acceptors (Lipinski definition) is 3. The first-order valence-electron chi connectivity index (χ1n) is 6.77. The lowest BCUT2D eigenvalue weighted by atomic mass is 9.91. The molecular formula is C15H22BrNO2. The van der Waals surface area contributed by atoms with E-state index in [9.17, 15) is 5.11 Å². The van der Waals surface area contributed by atoms with E-state index in [1.54, 1.807) is 13.2 Å². The van der Waals surface area contributed by atoms with E-state index in [0.29, 0.717) is 5.75 Å². The van der Waals surface area contributed by atoms with E-state index < -0.39 is 0 Å². The largest absolute Gasteiger partial charge is 0.504 e. The Hall–Kier alpha value is -0.740. The average molecular weight is 328 g/mol. The molecule has 19 heavy (non-hydrogen) atoms. The number of benzene rings is 1. The van der Waals surface area contributed by atoms with Gasteiger partial charge in [0.2, 0.25) is 0 Å². The standard InChI is InChI=1S/C15H22BrNO2/c1-10-4-11(2)8-17(7-10)9-12-5-13(16)6-14(19-3)15(12)18/h5-6,10-11,18H,4,7-9H2,1-3H3/t10-,11-/m1/s1. The molecule has 3 nitrogen and oxygen atoms in total. The lowest BCUT2D eigenvalue weighted by Crippen LogP contribution is -2.38. The van der Waals surface area contributed by atoms with Crippen molar-refractivity contribution in [3.05, 3.63) is 22.2 Å². The van der Waals surface area contributed by atoms with Gasteiger partial charge in [0, 0.05) is 29.7 Å². The highest BCUT2D eigenvalue weighted by Gasteiger charge is 2.23. The Kier molecular flexibility index (Phi) is 4.74.